The molecule has 0 bridgehead atoms. The number of aliphatic hydroxyl groups excluding tert-OH is 1. The molecule has 1 aliphatic rings. The minimum Gasteiger partial charge on any atom is -0.490 e. The zero-order valence-corrected chi connectivity index (χ0v) is 44.7. The lowest BCUT2D eigenvalue weighted by Gasteiger charge is -2.29. The van der Waals surface area contributed by atoms with E-state index in [1.54, 1.807) is 29.8 Å². The van der Waals surface area contributed by atoms with Crippen molar-refractivity contribution >= 4 is 74.6 Å². The highest BCUT2D eigenvalue weighted by molar-refractivity contribution is 7.16. The number of methoxy groups -OCH3 is 1. The molecule has 0 saturated heterocycles. The summed E-state index contributed by atoms with van der Waals surface area (Å²) in [5, 5.41) is 13.2. The molecule has 0 fully saturated rings. The quantitative estimate of drug-likeness (QED) is 0.0837. The number of anilines is 3. The maximum Gasteiger partial charge on any atom is 0.143 e. The van der Waals surface area contributed by atoms with Crippen molar-refractivity contribution in [2.24, 2.45) is 0 Å². The monoisotopic (exact) mass is 1050 g/mol. The molecule has 0 atom stereocenters. The van der Waals surface area contributed by atoms with Gasteiger partial charge in [0, 0.05) is 64.0 Å². The van der Waals surface area contributed by atoms with Crippen LogP contribution in [-0.2, 0) is 30.3 Å². The molecular formula is C56H67N5O9S3. The number of fused-ring (bicyclic) bond motifs is 3. The van der Waals surface area contributed by atoms with Crippen molar-refractivity contribution in [3.8, 4) is 38.1 Å². The summed E-state index contributed by atoms with van der Waals surface area (Å²) >= 11 is 4.50. The number of thiophene rings is 2. The van der Waals surface area contributed by atoms with E-state index in [0.29, 0.717) is 112 Å². The summed E-state index contributed by atoms with van der Waals surface area (Å²) in [6.07, 6.45) is 4.26. The number of nitrogens with one attached hydrogen (secondary N) is 1. The summed E-state index contributed by atoms with van der Waals surface area (Å²) < 4.78 is 58.3. The fourth-order valence-corrected chi connectivity index (χ4v) is 10.7. The molecule has 7 aromatic rings. The molecule has 1 aliphatic heterocycles. The largest absolute Gasteiger partial charge is 0.490 e. The third-order valence-corrected chi connectivity index (χ3v) is 14.8. The van der Waals surface area contributed by atoms with Crippen molar-refractivity contribution in [1.82, 2.24) is 8.75 Å². The number of hydrogen-bond donors (Lipinski definition) is 2. The number of aromatic nitrogens is 2. The number of aliphatic hydroxyl groups is 1. The molecular weight excluding hydrogens is 983 g/mol. The smallest absolute Gasteiger partial charge is 0.143 e. The summed E-state index contributed by atoms with van der Waals surface area (Å²) in [7, 11) is 1.68. The van der Waals surface area contributed by atoms with Crippen LogP contribution in [0.2, 0.25) is 0 Å². The second kappa shape index (κ2) is 28.2. The molecule has 0 aliphatic carbocycles. The second-order valence-electron chi connectivity index (χ2n) is 17.3. The average Bonchev–Trinajstić information content (AvgIpc) is 4.21. The van der Waals surface area contributed by atoms with Crippen LogP contribution in [0.25, 0.3) is 44.1 Å². The van der Waals surface area contributed by atoms with Crippen molar-refractivity contribution in [3.05, 3.63) is 117 Å². The van der Waals surface area contributed by atoms with Crippen molar-refractivity contribution < 1.29 is 43.0 Å². The summed E-state index contributed by atoms with van der Waals surface area (Å²) in [5.74, 6) is 2.31. The van der Waals surface area contributed by atoms with Gasteiger partial charge in [-0.1, -0.05) is 36.4 Å². The number of aryl methyl sites for hydroxylation is 2. The fraction of sp³-hybridized carbons (Fsp3) is 0.393. The minimum absolute atomic E-state index is 0.0217. The van der Waals surface area contributed by atoms with Gasteiger partial charge in [-0.15, -0.1) is 22.7 Å². The molecule has 0 unspecified atom stereocenters. The molecule has 17 heteroatoms. The van der Waals surface area contributed by atoms with Crippen LogP contribution in [0, 0.1) is 13.8 Å². The van der Waals surface area contributed by atoms with Crippen molar-refractivity contribution in [2.45, 2.75) is 27.4 Å². The Morgan fingerprint density at radius 1 is 0.671 bits per heavy atom. The van der Waals surface area contributed by atoms with E-state index in [9.17, 15) is 5.11 Å². The minimum atomic E-state index is 0.0217. The Balaban J connectivity index is 1.05. The topological polar surface area (TPSA) is 138 Å². The molecule has 4 aromatic carbocycles. The second-order valence-corrected chi connectivity index (χ2v) is 20.1. The highest BCUT2D eigenvalue weighted by Crippen LogP contribution is 2.40. The van der Waals surface area contributed by atoms with E-state index in [1.807, 2.05) is 19.1 Å². The van der Waals surface area contributed by atoms with Gasteiger partial charge in [0.2, 0.25) is 0 Å². The Hall–Kier alpha value is -5.60. The van der Waals surface area contributed by atoms with Crippen molar-refractivity contribution in [3.63, 3.8) is 0 Å². The molecule has 2 N–H and O–H groups in total. The Kier molecular flexibility index (Phi) is 20.7. The van der Waals surface area contributed by atoms with Gasteiger partial charge in [-0.3, -0.25) is 0 Å². The zero-order chi connectivity index (χ0) is 50.6. The number of ether oxygens (including phenoxy) is 8. The first-order chi connectivity index (χ1) is 35.9. The van der Waals surface area contributed by atoms with E-state index in [2.05, 4.69) is 124 Å². The summed E-state index contributed by atoms with van der Waals surface area (Å²) in [5.41, 5.74) is 9.85. The van der Waals surface area contributed by atoms with Crippen LogP contribution in [0.3, 0.4) is 0 Å². The first kappa shape index (κ1) is 53.7. The first-order valence-electron chi connectivity index (χ1n) is 24.9. The van der Waals surface area contributed by atoms with Crippen LogP contribution < -0.4 is 29.3 Å². The van der Waals surface area contributed by atoms with Crippen LogP contribution in [0.4, 0.5) is 17.1 Å². The van der Waals surface area contributed by atoms with Gasteiger partial charge in [0.05, 0.1) is 101 Å². The Labute approximate surface area is 441 Å². The highest BCUT2D eigenvalue weighted by atomic mass is 32.1. The number of nitrogens with zero attached hydrogens (tertiary/aromatic N) is 4. The van der Waals surface area contributed by atoms with E-state index in [0.717, 1.165) is 92.7 Å². The SMILES string of the molecule is CCOCCOCCN1CCOCCOCCNc2ccc(C)cc2OCCN(c2ccc(/C=C/c3ccc(-c4ccc(-c5ccc(CO)s5)c5nsnc45)s3)cc2OCCOC)CCOc2cc(C)ccc21. The summed E-state index contributed by atoms with van der Waals surface area (Å²) in [6, 6.07) is 31.4. The predicted octanol–water partition coefficient (Wildman–Crippen LogP) is 10.7. The normalized spacial score (nSPS) is 14.5. The molecule has 0 amide bonds. The molecule has 0 saturated carbocycles. The maximum atomic E-state index is 9.66. The highest BCUT2D eigenvalue weighted by Gasteiger charge is 2.19. The van der Waals surface area contributed by atoms with E-state index in [4.69, 9.17) is 42.3 Å². The molecule has 3 aromatic heterocycles. The summed E-state index contributed by atoms with van der Waals surface area (Å²) in [4.78, 5) is 8.75. The molecule has 0 spiro atoms. The molecule has 388 valence electrons. The molecule has 0 radical (unpaired) electrons. The van der Waals surface area contributed by atoms with Gasteiger partial charge in [0.25, 0.3) is 0 Å². The van der Waals surface area contributed by atoms with E-state index in [-0.39, 0.29) is 6.61 Å². The van der Waals surface area contributed by atoms with E-state index < -0.39 is 0 Å². The van der Waals surface area contributed by atoms with E-state index >= 15 is 0 Å². The Morgan fingerprint density at radius 3 is 2.15 bits per heavy atom. The Bertz CT molecular complexity index is 2830. The lowest BCUT2D eigenvalue weighted by atomic mass is 10.1. The first-order valence-corrected chi connectivity index (χ1v) is 27.3. The van der Waals surface area contributed by atoms with Crippen molar-refractivity contribution in [2.75, 3.05) is 134 Å². The zero-order valence-electron chi connectivity index (χ0n) is 42.3. The van der Waals surface area contributed by atoms with Gasteiger partial charge in [-0.2, -0.15) is 8.75 Å². The molecule has 4 heterocycles. The number of hydrogen-bond acceptors (Lipinski definition) is 17. The Morgan fingerprint density at radius 2 is 1.38 bits per heavy atom. The average molecular weight is 1050 g/mol. The van der Waals surface area contributed by atoms with Gasteiger partial charge >= 0.3 is 0 Å². The van der Waals surface area contributed by atoms with Gasteiger partial charge in [-0.05, 0) is 104 Å². The standard InChI is InChI=1S/C56H67N5O9S3/c1-5-64-31-32-66-26-21-60-22-27-67-34-33-65-25-20-57-47-15-6-40(2)36-50(47)68-28-23-61(24-29-69-51-37-41(3)7-16-48(51)60)49-17-9-42(38-52(49)70-35-30-63-4)8-10-43-11-18-53(71-43)45-13-14-46(56-55(45)58-73-59-56)54-19-12-44(39-62)72-54/h6-19,36-38,57,62H,5,20-35,39H2,1-4H3/b10-8+. The number of benzene rings is 4. The van der Waals surface area contributed by atoms with Crippen LogP contribution >= 0.6 is 34.4 Å². The third kappa shape index (κ3) is 15.2. The van der Waals surface area contributed by atoms with Crippen molar-refractivity contribution in [1.29, 1.82) is 0 Å². The predicted molar refractivity (Wildman–Crippen MR) is 298 cm³/mol. The van der Waals surface area contributed by atoms with Gasteiger partial charge in [0.1, 0.15) is 48.1 Å². The van der Waals surface area contributed by atoms with Crippen LogP contribution in [-0.4, -0.2) is 133 Å². The third-order valence-electron chi connectivity index (χ3n) is 12.1. The van der Waals surface area contributed by atoms with Gasteiger partial charge < -0.3 is 58.1 Å². The van der Waals surface area contributed by atoms with Gasteiger partial charge in [-0.25, -0.2) is 0 Å². The van der Waals surface area contributed by atoms with Crippen LogP contribution in [0.1, 0.15) is 33.4 Å². The fourth-order valence-electron chi connectivity index (χ4n) is 8.31. The van der Waals surface area contributed by atoms with Gasteiger partial charge in [0.15, 0.2) is 0 Å². The lowest BCUT2D eigenvalue weighted by Crippen LogP contribution is -2.34. The molecule has 14 nitrogen and oxygen atoms in total. The van der Waals surface area contributed by atoms with Crippen LogP contribution in [0.5, 0.6) is 17.2 Å². The van der Waals surface area contributed by atoms with E-state index in [1.165, 1.54) is 11.7 Å². The summed E-state index contributed by atoms with van der Waals surface area (Å²) in [6.45, 7) is 15.1. The number of rotatable bonds is 17. The maximum absolute atomic E-state index is 9.66. The molecule has 8 rings (SSSR count). The van der Waals surface area contributed by atoms with Crippen LogP contribution in [0.15, 0.2) is 91.0 Å². The molecule has 73 heavy (non-hydrogen) atoms. The lowest BCUT2D eigenvalue weighted by molar-refractivity contribution is 0.0498.